The molecule has 0 aliphatic rings. The molecule has 172 valence electrons. The Balaban J connectivity index is 1.89. The first-order valence-corrected chi connectivity index (χ1v) is 10.5. The summed E-state index contributed by atoms with van der Waals surface area (Å²) in [5, 5.41) is 3.88. The second-order valence-electron chi connectivity index (χ2n) is 7.94. The number of halogens is 2. The van der Waals surface area contributed by atoms with Gasteiger partial charge in [-0.15, -0.1) is 0 Å². The van der Waals surface area contributed by atoms with E-state index in [9.17, 15) is 4.39 Å². The van der Waals surface area contributed by atoms with Crippen LogP contribution in [0.3, 0.4) is 0 Å². The van der Waals surface area contributed by atoms with E-state index in [0.29, 0.717) is 60.3 Å². The van der Waals surface area contributed by atoms with Gasteiger partial charge in [0.25, 0.3) is 0 Å². The third kappa shape index (κ3) is 6.66. The Morgan fingerprint density at radius 3 is 2.38 bits per heavy atom. The van der Waals surface area contributed by atoms with Crippen molar-refractivity contribution in [3.8, 4) is 11.5 Å². The molecule has 3 rings (SSSR count). The maximum atomic E-state index is 13.5. The largest absolute Gasteiger partial charge is 0.487 e. The van der Waals surface area contributed by atoms with Crippen molar-refractivity contribution in [3.63, 3.8) is 0 Å². The molecule has 0 fully saturated rings. The van der Waals surface area contributed by atoms with Gasteiger partial charge in [-0.3, -0.25) is 0 Å². The number of hydrogen-bond donors (Lipinski definition) is 1. The molecule has 0 aliphatic heterocycles. The molecule has 0 amide bonds. The molecule has 1 heterocycles. The Bertz CT molecular complexity index is 1060. The van der Waals surface area contributed by atoms with Gasteiger partial charge in [0, 0.05) is 24.2 Å². The quantitative estimate of drug-likeness (QED) is 0.404. The number of benzene rings is 2. The lowest BCUT2D eigenvalue weighted by atomic mass is 10.2. The van der Waals surface area contributed by atoms with E-state index in [1.807, 2.05) is 26.8 Å². The standard InChI is InChI=1S/C23H27ClFN3O4/c1-23(2,3)32-10-9-31-20-12-16-19(13-21(20)30-8-7-29-4)26-14-27-22(16)28-15-5-6-18(25)17(24)11-15/h5-6,11-14H,7-10H2,1-4H3,(H,26,27,28). The monoisotopic (exact) mass is 463 g/mol. The summed E-state index contributed by atoms with van der Waals surface area (Å²) >= 11 is 5.90. The summed E-state index contributed by atoms with van der Waals surface area (Å²) in [5.41, 5.74) is 0.991. The number of fused-ring (bicyclic) bond motifs is 1. The predicted octanol–water partition coefficient (Wildman–Crippen LogP) is 5.39. The normalized spacial score (nSPS) is 11.6. The number of aromatic nitrogens is 2. The van der Waals surface area contributed by atoms with Gasteiger partial charge in [0.2, 0.25) is 0 Å². The Kier molecular flexibility index (Phi) is 8.06. The van der Waals surface area contributed by atoms with Crippen LogP contribution in [0.15, 0.2) is 36.7 Å². The van der Waals surface area contributed by atoms with E-state index in [1.54, 1.807) is 19.2 Å². The van der Waals surface area contributed by atoms with E-state index < -0.39 is 5.82 Å². The summed E-state index contributed by atoms with van der Waals surface area (Å²) in [7, 11) is 1.61. The lowest BCUT2D eigenvalue weighted by Gasteiger charge is -2.20. The maximum Gasteiger partial charge on any atom is 0.163 e. The molecule has 1 N–H and O–H groups in total. The molecule has 3 aromatic rings. The van der Waals surface area contributed by atoms with E-state index in [4.69, 9.17) is 30.5 Å². The van der Waals surface area contributed by atoms with Crippen molar-refractivity contribution in [1.29, 1.82) is 0 Å². The molecule has 9 heteroatoms. The van der Waals surface area contributed by atoms with Crippen LogP contribution in [-0.4, -0.2) is 49.1 Å². The Morgan fingerprint density at radius 1 is 0.969 bits per heavy atom. The highest BCUT2D eigenvalue weighted by atomic mass is 35.5. The van der Waals surface area contributed by atoms with Gasteiger partial charge in [0.05, 0.1) is 29.4 Å². The highest BCUT2D eigenvalue weighted by molar-refractivity contribution is 6.31. The number of nitrogens with zero attached hydrogens (tertiary/aromatic N) is 2. The molecule has 0 aliphatic carbocycles. The molecule has 0 bridgehead atoms. The first-order valence-electron chi connectivity index (χ1n) is 10.2. The van der Waals surface area contributed by atoms with Gasteiger partial charge in [0.15, 0.2) is 11.5 Å². The summed E-state index contributed by atoms with van der Waals surface area (Å²) in [6.07, 6.45) is 1.44. The van der Waals surface area contributed by atoms with E-state index in [2.05, 4.69) is 15.3 Å². The molecule has 7 nitrogen and oxygen atoms in total. The van der Waals surface area contributed by atoms with Crippen molar-refractivity contribution >= 4 is 34.0 Å². The van der Waals surface area contributed by atoms with Gasteiger partial charge in [-0.1, -0.05) is 11.6 Å². The van der Waals surface area contributed by atoms with Crippen molar-refractivity contribution in [2.45, 2.75) is 26.4 Å². The van der Waals surface area contributed by atoms with Crippen molar-refractivity contribution < 1.29 is 23.3 Å². The molecule has 32 heavy (non-hydrogen) atoms. The zero-order valence-corrected chi connectivity index (χ0v) is 19.3. The summed E-state index contributed by atoms with van der Waals surface area (Å²) in [6.45, 7) is 7.52. The summed E-state index contributed by atoms with van der Waals surface area (Å²) in [5.74, 6) is 1.11. The molecule has 0 spiro atoms. The van der Waals surface area contributed by atoms with Gasteiger partial charge in [-0.05, 0) is 45.0 Å². The maximum absolute atomic E-state index is 13.5. The van der Waals surface area contributed by atoms with Gasteiger partial charge in [0.1, 0.15) is 31.2 Å². The zero-order valence-electron chi connectivity index (χ0n) is 18.6. The molecule has 2 aromatic carbocycles. The second kappa shape index (κ2) is 10.8. The van der Waals surface area contributed by atoms with Gasteiger partial charge < -0.3 is 24.3 Å². The molecular formula is C23H27ClFN3O4. The second-order valence-corrected chi connectivity index (χ2v) is 8.35. The zero-order chi connectivity index (χ0) is 23.1. The van der Waals surface area contributed by atoms with Crippen molar-refractivity contribution in [2.75, 3.05) is 38.9 Å². The average molecular weight is 464 g/mol. The van der Waals surface area contributed by atoms with Crippen LogP contribution in [0.2, 0.25) is 5.02 Å². The number of anilines is 2. The first kappa shape index (κ1) is 24.0. The third-order valence-corrected chi connectivity index (χ3v) is 4.59. The van der Waals surface area contributed by atoms with Crippen LogP contribution in [0, 0.1) is 5.82 Å². The topological polar surface area (TPSA) is 74.7 Å². The predicted molar refractivity (Wildman–Crippen MR) is 123 cm³/mol. The van der Waals surface area contributed by atoms with Gasteiger partial charge >= 0.3 is 0 Å². The lowest BCUT2D eigenvalue weighted by Crippen LogP contribution is -2.22. The fourth-order valence-corrected chi connectivity index (χ4v) is 3.01. The van der Waals surface area contributed by atoms with Crippen LogP contribution >= 0.6 is 11.6 Å². The minimum absolute atomic E-state index is 0.0186. The number of ether oxygens (including phenoxy) is 4. The molecule has 1 aromatic heterocycles. The summed E-state index contributed by atoms with van der Waals surface area (Å²) in [6, 6.07) is 7.96. The number of rotatable bonds is 10. The Hall–Kier alpha value is -2.68. The average Bonchev–Trinajstić information content (AvgIpc) is 2.74. The Morgan fingerprint density at radius 2 is 1.69 bits per heavy atom. The Labute approximate surface area is 191 Å². The smallest absolute Gasteiger partial charge is 0.163 e. The van der Waals surface area contributed by atoms with Crippen LogP contribution in [0.1, 0.15) is 20.8 Å². The van der Waals surface area contributed by atoms with Crippen LogP contribution in [-0.2, 0) is 9.47 Å². The molecule has 0 atom stereocenters. The lowest BCUT2D eigenvalue weighted by molar-refractivity contribution is -0.0166. The summed E-state index contributed by atoms with van der Waals surface area (Å²) in [4.78, 5) is 8.67. The van der Waals surface area contributed by atoms with Crippen LogP contribution in [0.4, 0.5) is 15.9 Å². The van der Waals surface area contributed by atoms with E-state index in [1.165, 1.54) is 18.5 Å². The number of nitrogens with one attached hydrogen (secondary N) is 1. The van der Waals surface area contributed by atoms with Crippen molar-refractivity contribution in [3.05, 3.63) is 47.5 Å². The summed E-state index contributed by atoms with van der Waals surface area (Å²) < 4.78 is 36.1. The van der Waals surface area contributed by atoms with E-state index in [0.717, 1.165) is 0 Å². The fraction of sp³-hybridized carbons (Fsp3) is 0.391. The van der Waals surface area contributed by atoms with Crippen LogP contribution in [0.5, 0.6) is 11.5 Å². The van der Waals surface area contributed by atoms with E-state index >= 15 is 0 Å². The van der Waals surface area contributed by atoms with Crippen LogP contribution < -0.4 is 14.8 Å². The fourth-order valence-electron chi connectivity index (χ4n) is 2.83. The molecule has 0 radical (unpaired) electrons. The third-order valence-electron chi connectivity index (χ3n) is 4.30. The van der Waals surface area contributed by atoms with Crippen molar-refractivity contribution in [1.82, 2.24) is 9.97 Å². The van der Waals surface area contributed by atoms with Gasteiger partial charge in [-0.25, -0.2) is 14.4 Å². The molecular weight excluding hydrogens is 437 g/mol. The van der Waals surface area contributed by atoms with Crippen molar-refractivity contribution in [2.24, 2.45) is 0 Å². The highest BCUT2D eigenvalue weighted by Crippen LogP contribution is 2.35. The van der Waals surface area contributed by atoms with Gasteiger partial charge in [-0.2, -0.15) is 0 Å². The molecule has 0 saturated heterocycles. The number of hydrogen-bond acceptors (Lipinski definition) is 7. The molecule has 0 unspecified atom stereocenters. The SMILES string of the molecule is COCCOc1cc2ncnc(Nc3ccc(F)c(Cl)c3)c2cc1OCCOC(C)(C)C. The molecule has 0 saturated carbocycles. The number of methoxy groups -OCH3 is 1. The minimum atomic E-state index is -0.490. The highest BCUT2D eigenvalue weighted by Gasteiger charge is 2.14. The first-order chi connectivity index (χ1) is 15.3. The van der Waals surface area contributed by atoms with E-state index in [-0.39, 0.29) is 10.6 Å². The minimum Gasteiger partial charge on any atom is -0.487 e. The van der Waals surface area contributed by atoms with Crippen LogP contribution in [0.25, 0.3) is 10.9 Å².